The van der Waals surface area contributed by atoms with E-state index in [1.54, 1.807) is 11.3 Å². The summed E-state index contributed by atoms with van der Waals surface area (Å²) in [6.07, 6.45) is 2.80. The minimum absolute atomic E-state index is 0.891. The van der Waals surface area contributed by atoms with Gasteiger partial charge in [-0.05, 0) is 6.92 Å². The lowest BCUT2D eigenvalue weighted by atomic mass is 10.3. The number of aryl methyl sites for hydroxylation is 1. The van der Waals surface area contributed by atoms with Gasteiger partial charge in [-0.2, -0.15) is 0 Å². The van der Waals surface area contributed by atoms with E-state index in [0.717, 1.165) is 17.1 Å². The minimum atomic E-state index is 0.891. The van der Waals surface area contributed by atoms with E-state index >= 15 is 0 Å². The second-order valence-electron chi connectivity index (χ2n) is 2.38. The molecule has 0 unspecified atom stereocenters. The highest BCUT2D eigenvalue weighted by Crippen LogP contribution is 2.13. The van der Waals surface area contributed by atoms with Gasteiger partial charge in [0.25, 0.3) is 0 Å². The first-order valence-electron chi connectivity index (χ1n) is 3.49. The van der Waals surface area contributed by atoms with Gasteiger partial charge < -0.3 is 5.32 Å². The first-order chi connectivity index (χ1) is 5.22. The Bertz CT molecular complexity index is 252. The molecule has 0 saturated heterocycles. The Morgan fingerprint density at radius 2 is 2.55 bits per heavy atom. The third-order valence-corrected chi connectivity index (χ3v) is 2.32. The summed E-state index contributed by atoms with van der Waals surface area (Å²) in [5.74, 6) is 0. The van der Waals surface area contributed by atoms with Crippen molar-refractivity contribution in [1.29, 1.82) is 0 Å². The summed E-state index contributed by atoms with van der Waals surface area (Å²) >= 11 is 1.72. The van der Waals surface area contributed by atoms with Crippen molar-refractivity contribution in [3.63, 3.8) is 0 Å². The summed E-state index contributed by atoms with van der Waals surface area (Å²) in [5, 5.41) is 4.12. The number of aromatic nitrogens is 1. The molecule has 3 heteroatoms. The lowest BCUT2D eigenvalue weighted by Crippen LogP contribution is -2.05. The molecule has 1 N–H and O–H groups in total. The van der Waals surface area contributed by atoms with Crippen LogP contribution in [0.2, 0.25) is 0 Å². The van der Waals surface area contributed by atoms with Crippen molar-refractivity contribution in [2.75, 3.05) is 7.05 Å². The van der Waals surface area contributed by atoms with E-state index in [2.05, 4.69) is 16.9 Å². The maximum atomic E-state index is 4.15. The van der Waals surface area contributed by atoms with Gasteiger partial charge in [-0.25, -0.2) is 4.98 Å². The van der Waals surface area contributed by atoms with E-state index in [1.165, 1.54) is 4.88 Å². The second-order valence-corrected chi connectivity index (χ2v) is 3.70. The zero-order valence-electron chi connectivity index (χ0n) is 6.85. The van der Waals surface area contributed by atoms with E-state index in [0.29, 0.717) is 0 Å². The van der Waals surface area contributed by atoms with Crippen molar-refractivity contribution in [2.45, 2.75) is 13.3 Å². The van der Waals surface area contributed by atoms with Crippen LogP contribution in [-0.2, 0) is 6.42 Å². The van der Waals surface area contributed by atoms with E-state index in [4.69, 9.17) is 0 Å². The van der Waals surface area contributed by atoms with Crippen LogP contribution in [0, 0.1) is 6.92 Å². The Morgan fingerprint density at radius 1 is 1.82 bits per heavy atom. The molecule has 11 heavy (non-hydrogen) atoms. The van der Waals surface area contributed by atoms with Gasteiger partial charge in [-0.15, -0.1) is 11.3 Å². The van der Waals surface area contributed by atoms with Crippen LogP contribution in [-0.4, -0.2) is 12.0 Å². The number of hydrogen-bond acceptors (Lipinski definition) is 3. The third-order valence-electron chi connectivity index (χ3n) is 1.41. The highest BCUT2D eigenvalue weighted by Gasteiger charge is 1.98. The molecule has 0 fully saturated rings. The minimum Gasteiger partial charge on any atom is -0.392 e. The molecule has 1 aromatic rings. The van der Waals surface area contributed by atoms with Gasteiger partial charge in [-0.3, -0.25) is 0 Å². The predicted octanol–water partition coefficient (Wildman–Crippen LogP) is 1.73. The van der Waals surface area contributed by atoms with Crippen LogP contribution in [0.3, 0.4) is 0 Å². The van der Waals surface area contributed by atoms with E-state index in [-0.39, 0.29) is 0 Å². The number of thiazole rings is 1. The zero-order valence-corrected chi connectivity index (χ0v) is 7.66. The number of nitrogens with one attached hydrogen (secondary N) is 1. The number of hydrogen-bond donors (Lipinski definition) is 1. The van der Waals surface area contributed by atoms with Crippen LogP contribution in [0.25, 0.3) is 0 Å². The summed E-state index contributed by atoms with van der Waals surface area (Å²) in [6, 6.07) is 0. The molecule has 0 atom stereocenters. The molecule has 1 rings (SSSR count). The molecule has 0 bridgehead atoms. The average molecular weight is 168 g/mol. The maximum absolute atomic E-state index is 4.15. The van der Waals surface area contributed by atoms with E-state index in [9.17, 15) is 0 Å². The molecule has 1 heterocycles. The molecule has 0 saturated carbocycles. The highest BCUT2D eigenvalue weighted by atomic mass is 32.1. The van der Waals surface area contributed by atoms with Crippen molar-refractivity contribution in [1.82, 2.24) is 10.3 Å². The largest absolute Gasteiger partial charge is 0.392 e. The van der Waals surface area contributed by atoms with Crippen LogP contribution < -0.4 is 5.32 Å². The molecule has 0 amide bonds. The van der Waals surface area contributed by atoms with Crippen LogP contribution in [0.4, 0.5) is 0 Å². The first kappa shape index (κ1) is 8.27. The van der Waals surface area contributed by atoms with Crippen molar-refractivity contribution >= 4 is 11.3 Å². The maximum Gasteiger partial charge on any atom is 0.0896 e. The fourth-order valence-corrected chi connectivity index (χ4v) is 1.62. The Hall–Kier alpha value is -0.830. The molecule has 0 aromatic carbocycles. The van der Waals surface area contributed by atoms with Crippen LogP contribution >= 0.6 is 11.3 Å². The second kappa shape index (κ2) is 3.53. The number of nitrogens with zero attached hydrogens (tertiary/aromatic N) is 1. The molecular weight excluding hydrogens is 156 g/mol. The Kier molecular flexibility index (Phi) is 2.65. The fraction of sp³-hybridized carbons (Fsp3) is 0.375. The summed E-state index contributed by atoms with van der Waals surface area (Å²) in [7, 11) is 1.89. The van der Waals surface area contributed by atoms with Crippen LogP contribution in [0.1, 0.15) is 9.88 Å². The van der Waals surface area contributed by atoms with Gasteiger partial charge >= 0.3 is 0 Å². The van der Waals surface area contributed by atoms with Crippen molar-refractivity contribution in [3.05, 3.63) is 28.4 Å². The molecule has 0 aliphatic carbocycles. The topological polar surface area (TPSA) is 24.9 Å². The van der Waals surface area contributed by atoms with Gasteiger partial charge in [-0.1, -0.05) is 6.58 Å². The standard InChI is InChI=1S/C8H12N2S/c1-6(9-3)4-8-5-10-7(2)11-8/h5,9H,1,4H2,2-3H3. The average Bonchev–Trinajstić information content (AvgIpc) is 2.35. The Morgan fingerprint density at radius 3 is 3.00 bits per heavy atom. The van der Waals surface area contributed by atoms with E-state index in [1.807, 2.05) is 20.2 Å². The lowest BCUT2D eigenvalue weighted by molar-refractivity contribution is 0.936. The monoisotopic (exact) mass is 168 g/mol. The summed E-state index contributed by atoms with van der Waals surface area (Å²) in [5.41, 5.74) is 1.04. The molecular formula is C8H12N2S. The molecule has 60 valence electrons. The third kappa shape index (κ3) is 2.35. The van der Waals surface area contributed by atoms with Crippen LogP contribution in [0.15, 0.2) is 18.5 Å². The predicted molar refractivity (Wildman–Crippen MR) is 48.8 cm³/mol. The van der Waals surface area contributed by atoms with Crippen LogP contribution in [0.5, 0.6) is 0 Å². The quantitative estimate of drug-likeness (QED) is 0.743. The Balaban J connectivity index is 2.57. The Labute approximate surface area is 71.0 Å². The lowest BCUT2D eigenvalue weighted by Gasteiger charge is -1.99. The van der Waals surface area contributed by atoms with E-state index < -0.39 is 0 Å². The SMILES string of the molecule is C=C(Cc1cnc(C)s1)NC. The number of allylic oxidation sites excluding steroid dienone is 1. The van der Waals surface area contributed by atoms with Crippen molar-refractivity contribution in [2.24, 2.45) is 0 Å². The molecule has 0 radical (unpaired) electrons. The zero-order chi connectivity index (χ0) is 8.27. The fourth-order valence-electron chi connectivity index (χ4n) is 0.786. The molecule has 2 nitrogen and oxygen atoms in total. The molecule has 0 aliphatic heterocycles. The van der Waals surface area contributed by atoms with Gasteiger partial charge in [0, 0.05) is 30.2 Å². The smallest absolute Gasteiger partial charge is 0.0896 e. The molecule has 0 aliphatic rings. The summed E-state index contributed by atoms with van der Waals surface area (Å²) in [4.78, 5) is 5.42. The van der Waals surface area contributed by atoms with Gasteiger partial charge in [0.05, 0.1) is 5.01 Å². The van der Waals surface area contributed by atoms with Gasteiger partial charge in [0.15, 0.2) is 0 Å². The van der Waals surface area contributed by atoms with Gasteiger partial charge in [0.1, 0.15) is 0 Å². The molecule has 1 aromatic heterocycles. The number of likely N-dealkylation sites (N-methyl/N-ethyl adjacent to an activating group) is 1. The van der Waals surface area contributed by atoms with Gasteiger partial charge in [0.2, 0.25) is 0 Å². The first-order valence-corrected chi connectivity index (χ1v) is 4.31. The number of rotatable bonds is 3. The summed E-state index contributed by atoms with van der Waals surface area (Å²) < 4.78 is 0. The molecule has 0 spiro atoms. The normalized spacial score (nSPS) is 9.64. The summed E-state index contributed by atoms with van der Waals surface area (Å²) in [6.45, 7) is 5.86. The van der Waals surface area contributed by atoms with Crippen molar-refractivity contribution < 1.29 is 0 Å². The highest BCUT2D eigenvalue weighted by molar-refractivity contribution is 7.11. The van der Waals surface area contributed by atoms with Crippen molar-refractivity contribution in [3.8, 4) is 0 Å².